The highest BCUT2D eigenvalue weighted by Gasteiger charge is 2.17. The summed E-state index contributed by atoms with van der Waals surface area (Å²) in [7, 11) is 0. The zero-order chi connectivity index (χ0) is 16.9. The van der Waals surface area contributed by atoms with E-state index in [-0.39, 0.29) is 12.0 Å². The molecule has 1 aliphatic heterocycles. The van der Waals surface area contributed by atoms with Gasteiger partial charge in [0.05, 0.1) is 11.7 Å². The van der Waals surface area contributed by atoms with Crippen LogP contribution in [0.5, 0.6) is 0 Å². The number of carbonyl (C=O) groups excluding carboxylic acids is 1. The van der Waals surface area contributed by atoms with Crippen LogP contribution in [0.3, 0.4) is 0 Å². The summed E-state index contributed by atoms with van der Waals surface area (Å²) in [6.07, 6.45) is 5.20. The van der Waals surface area contributed by atoms with Crippen molar-refractivity contribution < 1.29 is 9.53 Å². The maximum atomic E-state index is 12.1. The first-order valence-corrected chi connectivity index (χ1v) is 8.66. The van der Waals surface area contributed by atoms with Crippen LogP contribution in [0.25, 0.3) is 0 Å². The molecule has 1 aromatic carbocycles. The number of aryl methyl sites for hydroxylation is 1. The number of ether oxygens (including phenoxy) is 1. The molecule has 126 valence electrons. The van der Waals surface area contributed by atoms with Crippen LogP contribution in [-0.2, 0) is 4.74 Å². The summed E-state index contributed by atoms with van der Waals surface area (Å²) in [5.74, 6) is 0.261. The van der Waals surface area contributed by atoms with Gasteiger partial charge >= 0.3 is 0 Å². The van der Waals surface area contributed by atoms with Gasteiger partial charge in [-0.15, -0.1) is 0 Å². The van der Waals surface area contributed by atoms with Crippen LogP contribution in [0.1, 0.15) is 28.8 Å². The molecule has 7 heteroatoms. The fraction of sp³-hybridized carbons (Fsp3) is 0.353. The van der Waals surface area contributed by atoms with Crippen molar-refractivity contribution in [3.63, 3.8) is 0 Å². The Labute approximate surface area is 149 Å². The molecule has 3 rings (SSSR count). The third-order valence-electron chi connectivity index (χ3n) is 3.86. The third-order valence-corrected chi connectivity index (χ3v) is 4.71. The van der Waals surface area contributed by atoms with E-state index in [9.17, 15) is 4.79 Å². The standard InChI is InChI=1S/C17H19BrN4O2/c1-11-4-5-13(7-15(11)18)22-17-20-8-12(9-21-17)16(23)19-10-14-3-2-6-24-14/h4-5,7-9,14H,2-3,6,10H2,1H3,(H,19,23)(H,20,21,22). The molecule has 6 nitrogen and oxygen atoms in total. The van der Waals surface area contributed by atoms with Gasteiger partial charge in [0.1, 0.15) is 0 Å². The normalized spacial score (nSPS) is 16.8. The Morgan fingerprint density at radius 3 is 2.83 bits per heavy atom. The van der Waals surface area contributed by atoms with Gasteiger partial charge in [-0.2, -0.15) is 0 Å². The summed E-state index contributed by atoms with van der Waals surface area (Å²) in [5, 5.41) is 5.96. The minimum absolute atomic E-state index is 0.121. The fourth-order valence-corrected chi connectivity index (χ4v) is 2.80. The minimum Gasteiger partial charge on any atom is -0.376 e. The second-order valence-corrected chi connectivity index (χ2v) is 6.58. The fourth-order valence-electron chi connectivity index (χ4n) is 2.42. The number of anilines is 2. The molecule has 0 aliphatic carbocycles. The zero-order valence-corrected chi connectivity index (χ0v) is 15.0. The molecule has 1 aliphatic rings. The number of nitrogens with zero attached hydrogens (tertiary/aromatic N) is 2. The Morgan fingerprint density at radius 2 is 2.17 bits per heavy atom. The summed E-state index contributed by atoms with van der Waals surface area (Å²) in [6, 6.07) is 5.91. The van der Waals surface area contributed by atoms with Gasteiger partial charge in [-0.05, 0) is 37.5 Å². The largest absolute Gasteiger partial charge is 0.376 e. The number of halogens is 1. The average molecular weight is 391 g/mol. The van der Waals surface area contributed by atoms with Crippen molar-refractivity contribution in [2.45, 2.75) is 25.9 Å². The van der Waals surface area contributed by atoms with Crippen LogP contribution in [0.2, 0.25) is 0 Å². The number of amides is 1. The van der Waals surface area contributed by atoms with Gasteiger partial charge in [-0.3, -0.25) is 4.79 Å². The van der Waals surface area contributed by atoms with Gasteiger partial charge < -0.3 is 15.4 Å². The maximum absolute atomic E-state index is 12.1. The van der Waals surface area contributed by atoms with Crippen molar-refractivity contribution >= 4 is 33.5 Å². The molecule has 0 spiro atoms. The lowest BCUT2D eigenvalue weighted by Crippen LogP contribution is -2.31. The van der Waals surface area contributed by atoms with Gasteiger partial charge in [-0.1, -0.05) is 22.0 Å². The predicted molar refractivity (Wildman–Crippen MR) is 95.5 cm³/mol. The van der Waals surface area contributed by atoms with Crippen LogP contribution in [0.4, 0.5) is 11.6 Å². The van der Waals surface area contributed by atoms with E-state index >= 15 is 0 Å². The number of aromatic nitrogens is 2. The Bertz CT molecular complexity index is 715. The highest BCUT2D eigenvalue weighted by molar-refractivity contribution is 9.10. The summed E-state index contributed by atoms with van der Waals surface area (Å²) in [5.41, 5.74) is 2.46. The third kappa shape index (κ3) is 4.30. The van der Waals surface area contributed by atoms with Crippen molar-refractivity contribution in [1.29, 1.82) is 0 Å². The SMILES string of the molecule is Cc1ccc(Nc2ncc(C(=O)NCC3CCCO3)cn2)cc1Br. The molecule has 1 unspecified atom stereocenters. The van der Waals surface area contributed by atoms with Crippen molar-refractivity contribution in [3.05, 3.63) is 46.2 Å². The molecule has 1 aromatic heterocycles. The molecule has 1 saturated heterocycles. The molecule has 0 saturated carbocycles. The molecule has 2 heterocycles. The lowest BCUT2D eigenvalue weighted by molar-refractivity contribution is 0.0857. The van der Waals surface area contributed by atoms with E-state index in [1.807, 2.05) is 25.1 Å². The predicted octanol–water partition coefficient (Wildman–Crippen LogP) is 3.20. The first-order chi connectivity index (χ1) is 11.6. The second-order valence-electron chi connectivity index (χ2n) is 5.73. The second kappa shape index (κ2) is 7.72. The van der Waals surface area contributed by atoms with E-state index in [0.717, 1.165) is 35.2 Å². The van der Waals surface area contributed by atoms with Crippen molar-refractivity contribution in [2.75, 3.05) is 18.5 Å². The Morgan fingerprint density at radius 1 is 1.38 bits per heavy atom. The topological polar surface area (TPSA) is 76.1 Å². The number of hydrogen-bond donors (Lipinski definition) is 2. The van der Waals surface area contributed by atoms with Gasteiger partial charge in [0.2, 0.25) is 5.95 Å². The van der Waals surface area contributed by atoms with Crippen molar-refractivity contribution in [3.8, 4) is 0 Å². The van der Waals surface area contributed by atoms with Gasteiger partial charge in [0, 0.05) is 35.7 Å². The summed E-state index contributed by atoms with van der Waals surface area (Å²) in [4.78, 5) is 20.5. The number of carbonyl (C=O) groups is 1. The van der Waals surface area contributed by atoms with Crippen molar-refractivity contribution in [1.82, 2.24) is 15.3 Å². The number of rotatable bonds is 5. The first-order valence-electron chi connectivity index (χ1n) is 7.87. The molecule has 2 N–H and O–H groups in total. The van der Waals surface area contributed by atoms with E-state index in [2.05, 4.69) is 36.5 Å². The highest BCUT2D eigenvalue weighted by atomic mass is 79.9. The lowest BCUT2D eigenvalue weighted by Gasteiger charge is -2.11. The molecule has 1 atom stereocenters. The average Bonchev–Trinajstić information content (AvgIpc) is 3.10. The monoisotopic (exact) mass is 390 g/mol. The van der Waals surface area contributed by atoms with Crippen LogP contribution in [0, 0.1) is 6.92 Å². The smallest absolute Gasteiger partial charge is 0.254 e. The minimum atomic E-state index is -0.185. The van der Waals surface area contributed by atoms with Crippen LogP contribution >= 0.6 is 15.9 Å². The first kappa shape index (κ1) is 16.9. The highest BCUT2D eigenvalue weighted by Crippen LogP contribution is 2.22. The van der Waals surface area contributed by atoms with Crippen LogP contribution < -0.4 is 10.6 Å². The lowest BCUT2D eigenvalue weighted by atomic mass is 10.2. The van der Waals surface area contributed by atoms with Gasteiger partial charge in [0.15, 0.2) is 0 Å². The number of benzene rings is 1. The summed E-state index contributed by atoms with van der Waals surface area (Å²) < 4.78 is 6.49. The Kier molecular flexibility index (Phi) is 5.42. The molecular weight excluding hydrogens is 372 g/mol. The maximum Gasteiger partial charge on any atom is 0.254 e. The molecule has 1 amide bonds. The number of hydrogen-bond acceptors (Lipinski definition) is 5. The number of nitrogens with one attached hydrogen (secondary N) is 2. The van der Waals surface area contributed by atoms with Gasteiger partial charge in [0.25, 0.3) is 5.91 Å². The molecule has 24 heavy (non-hydrogen) atoms. The van der Waals surface area contributed by atoms with Crippen LogP contribution in [0.15, 0.2) is 35.1 Å². The van der Waals surface area contributed by atoms with Crippen molar-refractivity contribution in [2.24, 2.45) is 0 Å². The molecule has 2 aromatic rings. The summed E-state index contributed by atoms with van der Waals surface area (Å²) in [6.45, 7) is 3.32. The van der Waals surface area contributed by atoms with E-state index in [4.69, 9.17) is 4.74 Å². The van der Waals surface area contributed by atoms with Gasteiger partial charge in [-0.25, -0.2) is 9.97 Å². The molecule has 1 fully saturated rings. The van der Waals surface area contributed by atoms with E-state index in [1.54, 1.807) is 0 Å². The summed E-state index contributed by atoms with van der Waals surface area (Å²) >= 11 is 3.49. The van der Waals surface area contributed by atoms with Crippen LogP contribution in [-0.4, -0.2) is 35.1 Å². The Balaban J connectivity index is 1.57. The van der Waals surface area contributed by atoms with E-state index < -0.39 is 0 Å². The zero-order valence-electron chi connectivity index (χ0n) is 13.4. The van der Waals surface area contributed by atoms with E-state index in [0.29, 0.717) is 18.1 Å². The van der Waals surface area contributed by atoms with E-state index in [1.165, 1.54) is 12.4 Å². The quantitative estimate of drug-likeness (QED) is 0.819. The molecule has 0 radical (unpaired) electrons. The molecular formula is C17H19BrN4O2. The molecule has 0 bridgehead atoms. The Hall–Kier alpha value is -1.99.